The Balaban J connectivity index is 1.47. The van der Waals surface area contributed by atoms with E-state index in [2.05, 4.69) is 15.7 Å². The fourth-order valence-corrected chi connectivity index (χ4v) is 3.95. The summed E-state index contributed by atoms with van der Waals surface area (Å²) in [5, 5.41) is 20.6. The summed E-state index contributed by atoms with van der Waals surface area (Å²) < 4.78 is 1.89. The lowest BCUT2D eigenvalue weighted by atomic mass is 9.93. The molecule has 2 aliphatic carbocycles. The number of amides is 2. The van der Waals surface area contributed by atoms with Gasteiger partial charge in [0.1, 0.15) is 0 Å². The number of aliphatic hydroxyl groups excluding tert-OH is 1. The maximum Gasteiger partial charge on any atom is 0.315 e. The Labute approximate surface area is 140 Å². The van der Waals surface area contributed by atoms with E-state index in [1.54, 1.807) is 0 Å². The van der Waals surface area contributed by atoms with Gasteiger partial charge in [0, 0.05) is 24.7 Å². The normalized spacial score (nSPS) is 25.0. The molecule has 6 heteroatoms. The summed E-state index contributed by atoms with van der Waals surface area (Å²) in [6.07, 6.45) is 4.80. The first kappa shape index (κ1) is 15.2. The molecule has 6 nitrogen and oxygen atoms in total. The van der Waals surface area contributed by atoms with Crippen LogP contribution >= 0.6 is 0 Å². The van der Waals surface area contributed by atoms with E-state index in [1.165, 1.54) is 5.69 Å². The van der Waals surface area contributed by atoms with E-state index in [1.807, 2.05) is 42.2 Å². The van der Waals surface area contributed by atoms with Crippen molar-refractivity contribution >= 4 is 6.03 Å². The Kier molecular flexibility index (Phi) is 3.76. The second-order valence-corrected chi connectivity index (χ2v) is 6.68. The van der Waals surface area contributed by atoms with Crippen LogP contribution in [0.5, 0.6) is 0 Å². The highest BCUT2D eigenvalue weighted by atomic mass is 16.3. The van der Waals surface area contributed by atoms with Gasteiger partial charge in [-0.05, 0) is 30.4 Å². The van der Waals surface area contributed by atoms with E-state index in [9.17, 15) is 9.90 Å². The molecule has 1 aromatic carbocycles. The van der Waals surface area contributed by atoms with Gasteiger partial charge in [-0.2, -0.15) is 5.10 Å². The monoisotopic (exact) mass is 326 g/mol. The van der Waals surface area contributed by atoms with Gasteiger partial charge >= 0.3 is 6.03 Å². The Morgan fingerprint density at radius 2 is 2.12 bits per heavy atom. The van der Waals surface area contributed by atoms with Crippen LogP contribution in [0.25, 0.3) is 0 Å². The van der Waals surface area contributed by atoms with E-state index in [0.717, 1.165) is 36.0 Å². The van der Waals surface area contributed by atoms with Crippen LogP contribution < -0.4 is 10.6 Å². The van der Waals surface area contributed by atoms with Crippen LogP contribution in [0.1, 0.15) is 47.3 Å². The van der Waals surface area contributed by atoms with Gasteiger partial charge in [0.05, 0.1) is 24.4 Å². The smallest absolute Gasteiger partial charge is 0.315 e. The number of nitrogens with one attached hydrogen (secondary N) is 2. The minimum atomic E-state index is -0.576. The molecule has 0 fully saturated rings. The lowest BCUT2D eigenvalue weighted by Crippen LogP contribution is -2.43. The van der Waals surface area contributed by atoms with Gasteiger partial charge < -0.3 is 15.7 Å². The molecule has 2 amide bonds. The van der Waals surface area contributed by atoms with Gasteiger partial charge in [0.2, 0.25) is 0 Å². The van der Waals surface area contributed by atoms with Crippen molar-refractivity contribution in [3.05, 3.63) is 52.8 Å². The van der Waals surface area contributed by atoms with Crippen molar-refractivity contribution in [1.29, 1.82) is 0 Å². The Morgan fingerprint density at radius 3 is 3.00 bits per heavy atom. The maximum absolute atomic E-state index is 12.5. The van der Waals surface area contributed by atoms with Crippen molar-refractivity contribution in [3.8, 4) is 0 Å². The summed E-state index contributed by atoms with van der Waals surface area (Å²) in [6.45, 7) is 0. The third kappa shape index (κ3) is 2.57. The van der Waals surface area contributed by atoms with E-state index < -0.39 is 6.10 Å². The van der Waals surface area contributed by atoms with Gasteiger partial charge in [-0.15, -0.1) is 0 Å². The first-order valence-corrected chi connectivity index (χ1v) is 8.47. The van der Waals surface area contributed by atoms with Crippen LogP contribution in [0.3, 0.4) is 0 Å². The molecule has 1 aromatic heterocycles. The van der Waals surface area contributed by atoms with Gasteiger partial charge in [-0.3, -0.25) is 4.68 Å². The highest BCUT2D eigenvalue weighted by molar-refractivity contribution is 5.75. The Bertz CT molecular complexity index is 770. The summed E-state index contributed by atoms with van der Waals surface area (Å²) >= 11 is 0. The van der Waals surface area contributed by atoms with Crippen LogP contribution in [0.15, 0.2) is 30.5 Å². The summed E-state index contributed by atoms with van der Waals surface area (Å²) in [5.74, 6) is 0. The number of fused-ring (bicyclic) bond motifs is 2. The van der Waals surface area contributed by atoms with Crippen LogP contribution in [0.4, 0.5) is 4.79 Å². The number of carbonyl (C=O) groups excluding carboxylic acids is 1. The molecular weight excluding hydrogens is 304 g/mol. The molecule has 0 radical (unpaired) electrons. The van der Waals surface area contributed by atoms with Crippen molar-refractivity contribution in [1.82, 2.24) is 20.4 Å². The number of rotatable bonds is 2. The third-order valence-electron chi connectivity index (χ3n) is 5.17. The molecule has 4 rings (SSSR count). The SMILES string of the molecule is Cn1ncc2c1CCC[C@@H]2NC(=O)N[C@H]1c2ccccc2C[C@H]1O. The molecule has 0 saturated carbocycles. The molecule has 0 spiro atoms. The van der Waals surface area contributed by atoms with Gasteiger partial charge in [-0.25, -0.2) is 4.79 Å². The molecule has 2 aromatic rings. The summed E-state index contributed by atoms with van der Waals surface area (Å²) in [5.41, 5.74) is 4.40. The number of aliphatic hydroxyl groups is 1. The molecule has 0 saturated heterocycles. The quantitative estimate of drug-likeness (QED) is 0.787. The largest absolute Gasteiger partial charge is 0.390 e. The maximum atomic E-state index is 12.5. The predicted octanol–water partition coefficient (Wildman–Crippen LogP) is 1.75. The minimum absolute atomic E-state index is 0.0174. The van der Waals surface area contributed by atoms with Crippen molar-refractivity contribution in [2.45, 2.75) is 43.9 Å². The fourth-order valence-electron chi connectivity index (χ4n) is 3.95. The standard InChI is InChI=1S/C18H22N4O2/c1-22-15-8-4-7-14(13(15)10-19-22)20-18(24)21-17-12-6-3-2-5-11(12)9-16(17)23/h2-3,5-6,10,14,16-17,23H,4,7-9H2,1H3,(H2,20,21,24)/t14-,16+,17-/m0/s1. The van der Waals surface area contributed by atoms with Crippen LogP contribution in [-0.4, -0.2) is 27.0 Å². The van der Waals surface area contributed by atoms with Crippen LogP contribution in [-0.2, 0) is 19.9 Å². The predicted molar refractivity (Wildman–Crippen MR) is 89.4 cm³/mol. The summed E-state index contributed by atoms with van der Waals surface area (Å²) in [4.78, 5) is 12.5. The average molecular weight is 326 g/mol. The molecule has 0 unspecified atom stereocenters. The third-order valence-corrected chi connectivity index (χ3v) is 5.17. The van der Waals surface area contributed by atoms with Gasteiger partial charge in [-0.1, -0.05) is 24.3 Å². The molecule has 0 bridgehead atoms. The zero-order chi connectivity index (χ0) is 16.7. The zero-order valence-corrected chi connectivity index (χ0v) is 13.7. The first-order chi connectivity index (χ1) is 11.6. The minimum Gasteiger partial charge on any atom is -0.390 e. The van der Waals surface area contributed by atoms with Gasteiger partial charge in [0.25, 0.3) is 0 Å². The van der Waals surface area contributed by atoms with Crippen molar-refractivity contribution in [2.75, 3.05) is 0 Å². The molecule has 126 valence electrons. The molecule has 24 heavy (non-hydrogen) atoms. The number of urea groups is 1. The van der Waals surface area contributed by atoms with Gasteiger partial charge in [0.15, 0.2) is 0 Å². The molecular formula is C18H22N4O2. The average Bonchev–Trinajstić information content (AvgIpc) is 3.10. The molecule has 1 heterocycles. The number of aromatic nitrogens is 2. The number of benzene rings is 1. The molecule has 3 N–H and O–H groups in total. The van der Waals surface area contributed by atoms with Crippen molar-refractivity contribution < 1.29 is 9.90 Å². The second kappa shape index (κ2) is 5.94. The number of hydrogen-bond acceptors (Lipinski definition) is 3. The van der Waals surface area contributed by atoms with E-state index in [-0.39, 0.29) is 18.1 Å². The highest BCUT2D eigenvalue weighted by Crippen LogP contribution is 2.32. The Hall–Kier alpha value is -2.34. The van der Waals surface area contributed by atoms with Crippen molar-refractivity contribution in [2.24, 2.45) is 7.05 Å². The topological polar surface area (TPSA) is 79.2 Å². The lowest BCUT2D eigenvalue weighted by molar-refractivity contribution is 0.141. The highest BCUT2D eigenvalue weighted by Gasteiger charge is 2.33. The number of hydrogen-bond donors (Lipinski definition) is 3. The number of carbonyl (C=O) groups is 1. The first-order valence-electron chi connectivity index (χ1n) is 8.47. The number of nitrogens with zero attached hydrogens (tertiary/aromatic N) is 2. The molecule has 2 aliphatic rings. The summed E-state index contributed by atoms with van der Waals surface area (Å²) in [7, 11) is 1.94. The van der Waals surface area contributed by atoms with Crippen molar-refractivity contribution in [3.63, 3.8) is 0 Å². The Morgan fingerprint density at radius 1 is 1.29 bits per heavy atom. The van der Waals surface area contributed by atoms with E-state index in [0.29, 0.717) is 6.42 Å². The zero-order valence-electron chi connectivity index (χ0n) is 13.7. The molecule has 3 atom stereocenters. The second-order valence-electron chi connectivity index (χ2n) is 6.68. The van der Waals surface area contributed by atoms with E-state index >= 15 is 0 Å². The van der Waals surface area contributed by atoms with Crippen LogP contribution in [0.2, 0.25) is 0 Å². The lowest BCUT2D eigenvalue weighted by Gasteiger charge is -2.25. The van der Waals surface area contributed by atoms with Crippen LogP contribution in [0, 0.1) is 0 Å². The summed E-state index contributed by atoms with van der Waals surface area (Å²) in [6, 6.07) is 7.26. The van der Waals surface area contributed by atoms with E-state index in [4.69, 9.17) is 0 Å². The fraction of sp³-hybridized carbons (Fsp3) is 0.444. The molecule has 0 aliphatic heterocycles. The number of aryl methyl sites for hydroxylation is 1.